The van der Waals surface area contributed by atoms with Gasteiger partial charge in [0, 0.05) is 22.4 Å². The molecule has 2 aromatic rings. The smallest absolute Gasteiger partial charge is 0.311 e. The molecular formula is C21H22N2O6. The highest BCUT2D eigenvalue weighted by atomic mass is 16.5. The number of benzene rings is 2. The number of hydrogen-bond donors (Lipinski definition) is 2. The van der Waals surface area contributed by atoms with Crippen LogP contribution in [0, 0.1) is 0 Å². The summed E-state index contributed by atoms with van der Waals surface area (Å²) in [5.41, 5.74) is 6.83. The fourth-order valence-corrected chi connectivity index (χ4v) is 2.55. The van der Waals surface area contributed by atoms with Crippen LogP contribution in [0.4, 0.5) is 5.69 Å². The van der Waals surface area contributed by atoms with Gasteiger partial charge in [-0.15, -0.1) is 0 Å². The van der Waals surface area contributed by atoms with E-state index in [0.717, 1.165) is 0 Å². The maximum absolute atomic E-state index is 12.3. The molecule has 0 spiro atoms. The zero-order valence-corrected chi connectivity index (χ0v) is 16.4. The lowest BCUT2D eigenvalue weighted by Crippen LogP contribution is -2.30. The summed E-state index contributed by atoms with van der Waals surface area (Å²) in [5, 5.41) is 2.59. The Labute approximate surface area is 168 Å². The molecule has 0 heterocycles. The van der Waals surface area contributed by atoms with Gasteiger partial charge in [-0.1, -0.05) is 0 Å². The summed E-state index contributed by atoms with van der Waals surface area (Å²) >= 11 is 0. The third-order valence-electron chi connectivity index (χ3n) is 4.14. The molecule has 1 atom stereocenters. The zero-order chi connectivity index (χ0) is 21.6. The monoisotopic (exact) mass is 398 g/mol. The van der Waals surface area contributed by atoms with Crippen molar-refractivity contribution in [3.8, 4) is 5.75 Å². The number of nitrogens with one attached hydrogen (secondary N) is 1. The van der Waals surface area contributed by atoms with Gasteiger partial charge in [-0.2, -0.15) is 0 Å². The number of methoxy groups -OCH3 is 1. The fourth-order valence-electron chi connectivity index (χ4n) is 2.55. The first-order valence-electron chi connectivity index (χ1n) is 8.79. The topological polar surface area (TPSA) is 125 Å². The second-order valence-electron chi connectivity index (χ2n) is 6.32. The van der Waals surface area contributed by atoms with Crippen molar-refractivity contribution in [2.24, 2.45) is 5.73 Å². The average Bonchev–Trinajstić information content (AvgIpc) is 2.68. The van der Waals surface area contributed by atoms with Gasteiger partial charge in [0.2, 0.25) is 5.91 Å². The molecule has 152 valence electrons. The van der Waals surface area contributed by atoms with Gasteiger partial charge in [-0.3, -0.25) is 19.2 Å². The minimum Gasteiger partial charge on any atom is -0.496 e. The lowest BCUT2D eigenvalue weighted by atomic mass is 10.0. The molecule has 0 radical (unpaired) electrons. The van der Waals surface area contributed by atoms with E-state index in [-0.39, 0.29) is 12.2 Å². The molecule has 29 heavy (non-hydrogen) atoms. The van der Waals surface area contributed by atoms with Crippen LogP contribution < -0.4 is 15.8 Å². The van der Waals surface area contributed by atoms with E-state index in [9.17, 15) is 19.2 Å². The van der Waals surface area contributed by atoms with Crippen molar-refractivity contribution in [3.05, 3.63) is 59.2 Å². The van der Waals surface area contributed by atoms with Crippen LogP contribution in [0.2, 0.25) is 0 Å². The molecule has 0 saturated carbocycles. The van der Waals surface area contributed by atoms with Crippen LogP contribution in [-0.4, -0.2) is 36.8 Å². The van der Waals surface area contributed by atoms with Crippen molar-refractivity contribution in [2.75, 3.05) is 12.4 Å². The minimum absolute atomic E-state index is 0.141. The van der Waals surface area contributed by atoms with Crippen molar-refractivity contribution >= 4 is 29.3 Å². The van der Waals surface area contributed by atoms with Gasteiger partial charge < -0.3 is 20.5 Å². The number of carbonyl (C=O) groups is 4. The van der Waals surface area contributed by atoms with Gasteiger partial charge >= 0.3 is 5.97 Å². The largest absolute Gasteiger partial charge is 0.496 e. The maximum Gasteiger partial charge on any atom is 0.311 e. The molecule has 0 aromatic heterocycles. The van der Waals surface area contributed by atoms with E-state index >= 15 is 0 Å². The Morgan fingerprint density at radius 1 is 1.03 bits per heavy atom. The third-order valence-corrected chi connectivity index (χ3v) is 4.14. The van der Waals surface area contributed by atoms with E-state index in [1.54, 1.807) is 18.2 Å². The van der Waals surface area contributed by atoms with E-state index in [2.05, 4.69) is 5.32 Å². The van der Waals surface area contributed by atoms with Gasteiger partial charge in [0.05, 0.1) is 13.5 Å². The van der Waals surface area contributed by atoms with Crippen molar-refractivity contribution in [2.45, 2.75) is 26.4 Å². The average molecular weight is 398 g/mol. The van der Waals surface area contributed by atoms with Crippen LogP contribution in [0.15, 0.2) is 42.5 Å². The van der Waals surface area contributed by atoms with E-state index < -0.39 is 23.9 Å². The lowest BCUT2D eigenvalue weighted by molar-refractivity contribution is -0.152. The van der Waals surface area contributed by atoms with Crippen molar-refractivity contribution < 1.29 is 28.7 Å². The standard InChI is InChI=1S/C21H22N2O6/c1-12(24)15-6-9-18(28-3)16(10-15)11-19(25)29-13(2)21(27)23-17-7-4-14(5-8-17)20(22)26/h4-10,13H,11H2,1-3H3,(H2,22,26)(H,23,27)/t13-/m1/s1. The Morgan fingerprint density at radius 3 is 2.21 bits per heavy atom. The van der Waals surface area contributed by atoms with Gasteiger partial charge in [0.1, 0.15) is 5.75 Å². The summed E-state index contributed by atoms with van der Waals surface area (Å²) in [6, 6.07) is 10.8. The molecule has 0 aliphatic heterocycles. The Bertz CT molecular complexity index is 937. The van der Waals surface area contributed by atoms with E-state index in [1.807, 2.05) is 0 Å². The number of ketones is 1. The van der Waals surface area contributed by atoms with Crippen LogP contribution >= 0.6 is 0 Å². The molecule has 8 heteroatoms. The summed E-state index contributed by atoms with van der Waals surface area (Å²) in [4.78, 5) is 47.1. The molecule has 2 aromatic carbocycles. The number of anilines is 1. The highest BCUT2D eigenvalue weighted by Gasteiger charge is 2.20. The fraction of sp³-hybridized carbons (Fsp3) is 0.238. The first-order valence-corrected chi connectivity index (χ1v) is 8.79. The summed E-state index contributed by atoms with van der Waals surface area (Å²) in [6.45, 7) is 2.86. The number of primary amides is 1. The maximum atomic E-state index is 12.3. The number of amides is 2. The molecule has 0 fully saturated rings. The number of rotatable bonds is 8. The molecule has 2 rings (SSSR count). The Morgan fingerprint density at radius 2 is 1.66 bits per heavy atom. The quantitative estimate of drug-likeness (QED) is 0.518. The van der Waals surface area contributed by atoms with Crippen LogP contribution in [0.3, 0.4) is 0 Å². The number of Topliss-reactive ketones (excluding diaryl/α,β-unsaturated/α-hetero) is 1. The molecule has 0 aliphatic rings. The Kier molecular flexibility index (Phi) is 7.08. The predicted molar refractivity (Wildman–Crippen MR) is 106 cm³/mol. The third kappa shape index (κ3) is 5.90. The molecule has 8 nitrogen and oxygen atoms in total. The summed E-state index contributed by atoms with van der Waals surface area (Å²) in [7, 11) is 1.46. The highest BCUT2D eigenvalue weighted by Crippen LogP contribution is 2.21. The second kappa shape index (κ2) is 9.50. The molecule has 2 amide bonds. The molecule has 0 unspecified atom stereocenters. The Hall–Kier alpha value is -3.68. The number of esters is 1. The molecule has 0 bridgehead atoms. The van der Waals surface area contributed by atoms with Gasteiger partial charge in [-0.25, -0.2) is 0 Å². The number of hydrogen-bond acceptors (Lipinski definition) is 6. The number of carbonyl (C=O) groups excluding carboxylic acids is 4. The van der Waals surface area contributed by atoms with Crippen molar-refractivity contribution in [1.29, 1.82) is 0 Å². The summed E-state index contributed by atoms with van der Waals surface area (Å²) in [5.74, 6) is -1.45. The number of nitrogens with two attached hydrogens (primary N) is 1. The highest BCUT2D eigenvalue weighted by molar-refractivity contribution is 5.97. The van der Waals surface area contributed by atoms with Gasteiger partial charge in [-0.05, 0) is 56.3 Å². The van der Waals surface area contributed by atoms with Crippen LogP contribution in [0.5, 0.6) is 5.75 Å². The van der Waals surface area contributed by atoms with Crippen LogP contribution in [-0.2, 0) is 20.7 Å². The van der Waals surface area contributed by atoms with Crippen LogP contribution in [0.25, 0.3) is 0 Å². The first kappa shape index (κ1) is 21.6. The van der Waals surface area contributed by atoms with Crippen LogP contribution in [0.1, 0.15) is 40.1 Å². The van der Waals surface area contributed by atoms with Crippen molar-refractivity contribution in [1.82, 2.24) is 0 Å². The van der Waals surface area contributed by atoms with E-state index in [1.165, 1.54) is 45.2 Å². The SMILES string of the molecule is COc1ccc(C(C)=O)cc1CC(=O)O[C@H](C)C(=O)Nc1ccc(C(N)=O)cc1. The predicted octanol–water partition coefficient (Wildman–Crippen LogP) is 2.11. The molecular weight excluding hydrogens is 376 g/mol. The molecule has 0 saturated heterocycles. The van der Waals surface area contributed by atoms with Gasteiger partial charge in [0.15, 0.2) is 11.9 Å². The minimum atomic E-state index is -1.06. The first-order chi connectivity index (χ1) is 13.7. The summed E-state index contributed by atoms with van der Waals surface area (Å²) in [6.07, 6.45) is -1.21. The van der Waals surface area contributed by atoms with Crippen molar-refractivity contribution in [3.63, 3.8) is 0 Å². The normalized spacial score (nSPS) is 11.3. The summed E-state index contributed by atoms with van der Waals surface area (Å²) < 4.78 is 10.4. The Balaban J connectivity index is 1.99. The second-order valence-corrected chi connectivity index (χ2v) is 6.32. The molecule has 0 aliphatic carbocycles. The number of ether oxygens (including phenoxy) is 2. The van der Waals surface area contributed by atoms with E-state index in [0.29, 0.717) is 28.1 Å². The molecule has 3 N–H and O–H groups in total. The zero-order valence-electron chi connectivity index (χ0n) is 16.4. The van der Waals surface area contributed by atoms with E-state index in [4.69, 9.17) is 15.2 Å². The lowest BCUT2D eigenvalue weighted by Gasteiger charge is -2.15. The van der Waals surface area contributed by atoms with Gasteiger partial charge in [0.25, 0.3) is 5.91 Å².